The maximum Gasteiger partial charge on any atom is 0.243 e. The van der Waals surface area contributed by atoms with Gasteiger partial charge in [-0.25, -0.2) is 13.4 Å². The van der Waals surface area contributed by atoms with Crippen molar-refractivity contribution >= 4 is 32.7 Å². The molecule has 0 aliphatic carbocycles. The Hall–Kier alpha value is -2.71. The molecular weight excluding hydrogens is 426 g/mol. The Morgan fingerprint density at radius 3 is 2.38 bits per heavy atom. The van der Waals surface area contributed by atoms with Crippen LogP contribution in [0.1, 0.15) is 45.1 Å². The minimum Gasteiger partial charge on any atom is -0.440 e. The highest BCUT2D eigenvalue weighted by atomic mass is 32.2. The average molecular weight is 456 g/mol. The third-order valence-corrected chi connectivity index (χ3v) is 7.69. The SMILES string of the molecule is Cc1ccc(S(=O)(=O)N2CCC(C(=O)Nc3ccc4oc(C(C)(C)C)nc4c3)CC2)cc1. The minimum absolute atomic E-state index is 0.101. The van der Waals surface area contributed by atoms with Crippen molar-refractivity contribution in [3.8, 4) is 0 Å². The predicted molar refractivity (Wildman–Crippen MR) is 124 cm³/mol. The van der Waals surface area contributed by atoms with E-state index in [-0.39, 0.29) is 17.2 Å². The van der Waals surface area contributed by atoms with E-state index < -0.39 is 10.0 Å². The van der Waals surface area contributed by atoms with Crippen molar-refractivity contribution in [1.29, 1.82) is 0 Å². The Labute approximate surface area is 188 Å². The maximum atomic E-state index is 12.9. The highest BCUT2D eigenvalue weighted by Crippen LogP contribution is 2.29. The summed E-state index contributed by atoms with van der Waals surface area (Å²) in [6.45, 7) is 8.67. The zero-order valence-electron chi connectivity index (χ0n) is 18.9. The van der Waals surface area contributed by atoms with E-state index in [9.17, 15) is 13.2 Å². The fourth-order valence-corrected chi connectivity index (χ4v) is 5.26. The fourth-order valence-electron chi connectivity index (χ4n) is 3.79. The number of carbonyl (C=O) groups is 1. The molecule has 1 fully saturated rings. The van der Waals surface area contributed by atoms with E-state index in [1.54, 1.807) is 30.3 Å². The molecule has 170 valence electrons. The minimum atomic E-state index is -3.54. The van der Waals surface area contributed by atoms with E-state index in [1.807, 2.05) is 39.8 Å². The average Bonchev–Trinajstić information content (AvgIpc) is 3.18. The van der Waals surface area contributed by atoms with Crippen LogP contribution in [0.2, 0.25) is 0 Å². The molecule has 0 bridgehead atoms. The summed E-state index contributed by atoms with van der Waals surface area (Å²) in [5.41, 5.74) is 2.85. The Bertz CT molecular complexity index is 1230. The first-order valence-corrected chi connectivity index (χ1v) is 12.3. The van der Waals surface area contributed by atoms with Gasteiger partial charge in [-0.3, -0.25) is 4.79 Å². The van der Waals surface area contributed by atoms with Crippen LogP contribution in [0.25, 0.3) is 11.1 Å². The van der Waals surface area contributed by atoms with E-state index in [2.05, 4.69) is 10.3 Å². The second kappa shape index (κ2) is 8.33. The van der Waals surface area contributed by atoms with Crippen molar-refractivity contribution in [2.45, 2.75) is 50.8 Å². The quantitative estimate of drug-likeness (QED) is 0.626. The molecule has 1 aliphatic heterocycles. The summed E-state index contributed by atoms with van der Waals surface area (Å²) in [4.78, 5) is 17.6. The molecule has 2 aromatic carbocycles. The molecule has 32 heavy (non-hydrogen) atoms. The lowest BCUT2D eigenvalue weighted by molar-refractivity contribution is -0.120. The van der Waals surface area contributed by atoms with E-state index in [0.717, 1.165) is 5.56 Å². The summed E-state index contributed by atoms with van der Waals surface area (Å²) in [7, 11) is -3.54. The first-order chi connectivity index (χ1) is 15.0. The van der Waals surface area contributed by atoms with Gasteiger partial charge in [-0.1, -0.05) is 38.5 Å². The van der Waals surface area contributed by atoms with Crippen LogP contribution in [0.3, 0.4) is 0 Å². The maximum absolute atomic E-state index is 12.9. The molecule has 1 aliphatic rings. The number of sulfonamides is 1. The monoisotopic (exact) mass is 455 g/mol. The molecule has 8 heteroatoms. The molecule has 7 nitrogen and oxygen atoms in total. The molecule has 1 amide bonds. The van der Waals surface area contributed by atoms with Gasteiger partial charge in [-0.15, -0.1) is 0 Å². The van der Waals surface area contributed by atoms with Crippen LogP contribution in [0, 0.1) is 12.8 Å². The van der Waals surface area contributed by atoms with Gasteiger partial charge in [0.15, 0.2) is 5.58 Å². The van der Waals surface area contributed by atoms with Gasteiger partial charge in [0.25, 0.3) is 0 Å². The summed E-state index contributed by atoms with van der Waals surface area (Å²) in [5.74, 6) is 0.312. The smallest absolute Gasteiger partial charge is 0.243 e. The Morgan fingerprint density at radius 1 is 1.09 bits per heavy atom. The van der Waals surface area contributed by atoms with Crippen molar-refractivity contribution in [1.82, 2.24) is 9.29 Å². The van der Waals surface area contributed by atoms with Crippen LogP contribution in [-0.2, 0) is 20.2 Å². The summed E-state index contributed by atoms with van der Waals surface area (Å²) < 4.78 is 33.0. The van der Waals surface area contributed by atoms with Crippen LogP contribution in [0.15, 0.2) is 51.8 Å². The van der Waals surface area contributed by atoms with Gasteiger partial charge in [0.2, 0.25) is 21.8 Å². The van der Waals surface area contributed by atoms with Crippen LogP contribution < -0.4 is 5.32 Å². The number of nitrogens with one attached hydrogen (secondary N) is 1. The fraction of sp³-hybridized carbons (Fsp3) is 0.417. The normalized spacial score (nSPS) is 16.4. The molecular formula is C24H29N3O4S. The largest absolute Gasteiger partial charge is 0.440 e. The number of oxazole rings is 1. The highest BCUT2D eigenvalue weighted by molar-refractivity contribution is 7.89. The number of amides is 1. The van der Waals surface area contributed by atoms with E-state index in [1.165, 1.54) is 4.31 Å². The highest BCUT2D eigenvalue weighted by Gasteiger charge is 2.32. The van der Waals surface area contributed by atoms with Crippen LogP contribution in [-0.4, -0.2) is 36.7 Å². The first kappa shape index (κ1) is 22.5. The number of anilines is 1. The first-order valence-electron chi connectivity index (χ1n) is 10.8. The summed E-state index contributed by atoms with van der Waals surface area (Å²) >= 11 is 0. The van der Waals surface area contributed by atoms with Gasteiger partial charge in [0.05, 0.1) is 4.90 Å². The van der Waals surface area contributed by atoms with Gasteiger partial charge < -0.3 is 9.73 Å². The lowest BCUT2D eigenvalue weighted by Gasteiger charge is -2.30. The zero-order chi connectivity index (χ0) is 23.1. The molecule has 0 atom stereocenters. The van der Waals surface area contributed by atoms with Gasteiger partial charge in [0.1, 0.15) is 5.52 Å². The topological polar surface area (TPSA) is 92.5 Å². The summed E-state index contributed by atoms with van der Waals surface area (Å²) in [6, 6.07) is 12.3. The van der Waals surface area contributed by atoms with Crippen molar-refractivity contribution in [2.75, 3.05) is 18.4 Å². The molecule has 0 saturated carbocycles. The van der Waals surface area contributed by atoms with Crippen LogP contribution >= 0.6 is 0 Å². The molecule has 0 spiro atoms. The molecule has 0 unspecified atom stereocenters. The van der Waals surface area contributed by atoms with Crippen molar-refractivity contribution in [2.24, 2.45) is 5.92 Å². The lowest BCUT2D eigenvalue weighted by atomic mass is 9.97. The Balaban J connectivity index is 1.40. The molecule has 3 aromatic rings. The third kappa shape index (κ3) is 4.56. The van der Waals surface area contributed by atoms with Gasteiger partial charge in [-0.2, -0.15) is 4.31 Å². The second-order valence-electron chi connectivity index (χ2n) is 9.43. The van der Waals surface area contributed by atoms with Gasteiger partial charge >= 0.3 is 0 Å². The van der Waals surface area contributed by atoms with Gasteiger partial charge in [0, 0.05) is 30.1 Å². The summed E-state index contributed by atoms with van der Waals surface area (Å²) in [5, 5.41) is 2.95. The molecule has 2 heterocycles. The standard InChI is InChI=1S/C24H29N3O4S/c1-16-5-8-19(9-6-16)32(29,30)27-13-11-17(12-14-27)22(28)25-18-7-10-21-20(15-18)26-23(31-21)24(2,3)4/h5-10,15,17H,11-14H2,1-4H3,(H,25,28). The van der Waals surface area contributed by atoms with Crippen LogP contribution in [0.5, 0.6) is 0 Å². The number of benzene rings is 2. The number of fused-ring (bicyclic) bond motifs is 1. The van der Waals surface area contributed by atoms with Crippen molar-refractivity contribution in [3.63, 3.8) is 0 Å². The van der Waals surface area contributed by atoms with Crippen molar-refractivity contribution in [3.05, 3.63) is 53.9 Å². The Morgan fingerprint density at radius 2 is 1.75 bits per heavy atom. The number of carbonyl (C=O) groups excluding carboxylic acids is 1. The van der Waals surface area contributed by atoms with E-state index in [0.29, 0.717) is 53.5 Å². The number of piperidine rings is 1. The number of nitrogens with zero attached hydrogens (tertiary/aromatic N) is 2. The number of hydrogen-bond acceptors (Lipinski definition) is 5. The number of rotatable bonds is 4. The van der Waals surface area contributed by atoms with E-state index in [4.69, 9.17) is 4.42 Å². The third-order valence-electron chi connectivity index (χ3n) is 5.78. The van der Waals surface area contributed by atoms with Gasteiger partial charge in [-0.05, 0) is 50.1 Å². The molecule has 1 aromatic heterocycles. The van der Waals surface area contributed by atoms with Crippen molar-refractivity contribution < 1.29 is 17.6 Å². The Kier molecular flexibility index (Phi) is 5.85. The number of aryl methyl sites for hydroxylation is 1. The molecule has 1 N–H and O–H groups in total. The second-order valence-corrected chi connectivity index (χ2v) is 11.4. The summed E-state index contributed by atoms with van der Waals surface area (Å²) in [6.07, 6.45) is 0.967. The van der Waals surface area contributed by atoms with E-state index >= 15 is 0 Å². The lowest BCUT2D eigenvalue weighted by Crippen LogP contribution is -2.41. The molecule has 0 radical (unpaired) electrons. The van der Waals surface area contributed by atoms with Crippen LogP contribution in [0.4, 0.5) is 5.69 Å². The predicted octanol–water partition coefficient (Wildman–Crippen LogP) is 4.47. The zero-order valence-corrected chi connectivity index (χ0v) is 19.7. The molecule has 1 saturated heterocycles. The number of hydrogen-bond donors (Lipinski definition) is 1. The number of aromatic nitrogens is 1. The molecule has 4 rings (SSSR count).